The Morgan fingerprint density at radius 1 is 1.19 bits per heavy atom. The van der Waals surface area contributed by atoms with Crippen LogP contribution in [0.3, 0.4) is 0 Å². The predicted octanol–water partition coefficient (Wildman–Crippen LogP) is 2.36. The maximum atomic E-state index is 13.7. The molecule has 0 bridgehead atoms. The molecule has 0 aliphatic carbocycles. The Labute approximate surface area is 149 Å². The zero-order valence-corrected chi connectivity index (χ0v) is 14.4. The molecule has 1 saturated heterocycles. The normalized spacial score (nSPS) is 15.4. The van der Waals surface area contributed by atoms with Gasteiger partial charge in [0.1, 0.15) is 12.1 Å². The summed E-state index contributed by atoms with van der Waals surface area (Å²) in [5, 5.41) is 2.69. The summed E-state index contributed by atoms with van der Waals surface area (Å²) in [7, 11) is 1.89. The number of benzene rings is 1. The number of hydrogen-bond donors (Lipinski definition) is 1. The van der Waals surface area contributed by atoms with Gasteiger partial charge >= 0.3 is 0 Å². The minimum absolute atomic E-state index is 0.138. The van der Waals surface area contributed by atoms with E-state index in [1.54, 1.807) is 24.5 Å². The van der Waals surface area contributed by atoms with E-state index in [0.29, 0.717) is 25.9 Å². The first-order valence-corrected chi connectivity index (χ1v) is 8.56. The lowest BCUT2D eigenvalue weighted by atomic mass is 9.95. The van der Waals surface area contributed by atoms with Crippen LogP contribution in [0.25, 0.3) is 11.2 Å². The Morgan fingerprint density at radius 2 is 1.96 bits per heavy atom. The van der Waals surface area contributed by atoms with Gasteiger partial charge in [-0.05, 0) is 25.0 Å². The van der Waals surface area contributed by atoms with Gasteiger partial charge in [0.2, 0.25) is 5.91 Å². The third kappa shape index (κ3) is 2.98. The Bertz CT molecular complexity index is 948. The van der Waals surface area contributed by atoms with Crippen LogP contribution in [0, 0.1) is 11.7 Å². The number of anilines is 2. The van der Waals surface area contributed by atoms with Gasteiger partial charge < -0.3 is 14.8 Å². The third-order valence-electron chi connectivity index (χ3n) is 4.77. The molecule has 1 amide bonds. The zero-order valence-electron chi connectivity index (χ0n) is 14.4. The first kappa shape index (κ1) is 16.4. The average molecular weight is 354 g/mol. The lowest BCUT2D eigenvalue weighted by molar-refractivity contribution is -0.120. The van der Waals surface area contributed by atoms with Gasteiger partial charge in [-0.1, -0.05) is 12.1 Å². The summed E-state index contributed by atoms with van der Waals surface area (Å²) < 4.78 is 15.6. The second-order valence-electron chi connectivity index (χ2n) is 6.46. The number of halogens is 1. The van der Waals surface area contributed by atoms with Crippen molar-refractivity contribution in [3.63, 3.8) is 0 Å². The number of rotatable bonds is 3. The molecule has 8 heteroatoms. The van der Waals surface area contributed by atoms with Crippen molar-refractivity contribution in [3.05, 3.63) is 42.7 Å². The molecule has 0 atom stereocenters. The average Bonchev–Trinajstić information content (AvgIpc) is 3.05. The highest BCUT2D eigenvalue weighted by atomic mass is 19.1. The number of imidazole rings is 1. The maximum Gasteiger partial charge on any atom is 0.227 e. The van der Waals surface area contributed by atoms with E-state index >= 15 is 0 Å². The molecule has 0 spiro atoms. The lowest BCUT2D eigenvalue weighted by Crippen LogP contribution is -2.38. The van der Waals surface area contributed by atoms with Gasteiger partial charge in [0.05, 0.1) is 12.0 Å². The summed E-state index contributed by atoms with van der Waals surface area (Å²) >= 11 is 0. The minimum atomic E-state index is -0.420. The molecule has 2 aromatic heterocycles. The summed E-state index contributed by atoms with van der Waals surface area (Å²) in [4.78, 5) is 27.6. The molecule has 1 fully saturated rings. The third-order valence-corrected chi connectivity index (χ3v) is 4.77. The smallest absolute Gasteiger partial charge is 0.227 e. The van der Waals surface area contributed by atoms with E-state index in [1.807, 2.05) is 11.6 Å². The molecule has 1 aromatic carbocycles. The zero-order chi connectivity index (χ0) is 18.1. The molecule has 1 aliphatic heterocycles. The summed E-state index contributed by atoms with van der Waals surface area (Å²) in [6.07, 6.45) is 4.62. The standard InChI is InChI=1S/C18H19FN6O/c1-24-11-22-15-16(24)20-10-21-17(15)25-8-6-12(7-9-25)18(26)23-14-5-3-2-4-13(14)19/h2-5,10-12H,6-9H2,1H3,(H,23,26). The number of aromatic nitrogens is 4. The molecule has 7 nitrogen and oxygen atoms in total. The molecular weight excluding hydrogens is 335 g/mol. The second kappa shape index (κ2) is 6.70. The Morgan fingerprint density at radius 3 is 2.73 bits per heavy atom. The molecule has 0 radical (unpaired) electrons. The fourth-order valence-corrected chi connectivity index (χ4v) is 3.32. The van der Waals surface area contributed by atoms with Crippen LogP contribution in [-0.4, -0.2) is 38.5 Å². The summed E-state index contributed by atoms with van der Waals surface area (Å²) in [6, 6.07) is 6.21. The van der Waals surface area contributed by atoms with E-state index in [9.17, 15) is 9.18 Å². The summed E-state index contributed by atoms with van der Waals surface area (Å²) in [6.45, 7) is 1.39. The summed E-state index contributed by atoms with van der Waals surface area (Å²) in [5.74, 6) is 0.0905. The van der Waals surface area contributed by atoms with Crippen LogP contribution in [0.1, 0.15) is 12.8 Å². The van der Waals surface area contributed by atoms with Crippen molar-refractivity contribution in [1.29, 1.82) is 0 Å². The van der Waals surface area contributed by atoms with Crippen LogP contribution in [0.2, 0.25) is 0 Å². The Kier molecular flexibility index (Phi) is 4.24. The highest BCUT2D eigenvalue weighted by Gasteiger charge is 2.27. The van der Waals surface area contributed by atoms with Crippen LogP contribution >= 0.6 is 0 Å². The number of hydrogen-bond acceptors (Lipinski definition) is 5. The number of piperidine rings is 1. The van der Waals surface area contributed by atoms with Crippen molar-refractivity contribution >= 4 is 28.6 Å². The second-order valence-corrected chi connectivity index (χ2v) is 6.46. The molecule has 26 heavy (non-hydrogen) atoms. The molecule has 1 aliphatic rings. The van der Waals surface area contributed by atoms with Gasteiger partial charge in [-0.15, -0.1) is 0 Å². The summed E-state index contributed by atoms with van der Waals surface area (Å²) in [5.41, 5.74) is 1.78. The molecular formula is C18H19FN6O. The van der Waals surface area contributed by atoms with Gasteiger partial charge in [-0.25, -0.2) is 19.3 Å². The number of nitrogens with zero attached hydrogens (tertiary/aromatic N) is 5. The Hall–Kier alpha value is -3.03. The van der Waals surface area contributed by atoms with Crippen LogP contribution in [0.5, 0.6) is 0 Å². The van der Waals surface area contributed by atoms with Crippen LogP contribution in [-0.2, 0) is 11.8 Å². The number of carbonyl (C=O) groups excluding carboxylic acids is 1. The number of nitrogens with one attached hydrogen (secondary N) is 1. The number of para-hydroxylation sites is 1. The van der Waals surface area contributed by atoms with Gasteiger partial charge in [0, 0.05) is 26.1 Å². The number of carbonyl (C=O) groups is 1. The SMILES string of the molecule is Cn1cnc2c(N3CCC(C(=O)Nc4ccccc4F)CC3)ncnc21. The quantitative estimate of drug-likeness (QED) is 0.781. The fraction of sp³-hybridized carbons (Fsp3) is 0.333. The highest BCUT2D eigenvalue weighted by Crippen LogP contribution is 2.27. The van der Waals surface area contributed by atoms with E-state index in [2.05, 4.69) is 25.2 Å². The van der Waals surface area contributed by atoms with Crippen molar-refractivity contribution in [2.45, 2.75) is 12.8 Å². The van der Waals surface area contributed by atoms with E-state index < -0.39 is 5.82 Å². The monoisotopic (exact) mass is 354 g/mol. The van der Waals surface area contributed by atoms with Crippen molar-refractivity contribution in [1.82, 2.24) is 19.5 Å². The largest absolute Gasteiger partial charge is 0.355 e. The van der Waals surface area contributed by atoms with E-state index in [4.69, 9.17) is 0 Å². The molecule has 134 valence electrons. The highest BCUT2D eigenvalue weighted by molar-refractivity contribution is 5.93. The van der Waals surface area contributed by atoms with Crippen molar-refractivity contribution in [2.75, 3.05) is 23.3 Å². The van der Waals surface area contributed by atoms with Gasteiger partial charge in [-0.2, -0.15) is 0 Å². The van der Waals surface area contributed by atoms with E-state index in [1.165, 1.54) is 12.4 Å². The van der Waals surface area contributed by atoms with Gasteiger partial charge in [0.25, 0.3) is 0 Å². The first-order chi connectivity index (χ1) is 12.6. The van der Waals surface area contributed by atoms with Crippen molar-refractivity contribution in [2.24, 2.45) is 13.0 Å². The fourth-order valence-electron chi connectivity index (χ4n) is 3.32. The van der Waals surface area contributed by atoms with E-state index in [0.717, 1.165) is 17.0 Å². The van der Waals surface area contributed by atoms with Gasteiger partial charge in [0.15, 0.2) is 17.0 Å². The van der Waals surface area contributed by atoms with Crippen molar-refractivity contribution < 1.29 is 9.18 Å². The molecule has 3 heterocycles. The first-order valence-electron chi connectivity index (χ1n) is 8.56. The molecule has 4 rings (SSSR count). The van der Waals surface area contributed by atoms with Crippen LogP contribution in [0.15, 0.2) is 36.9 Å². The van der Waals surface area contributed by atoms with E-state index in [-0.39, 0.29) is 17.5 Å². The molecule has 1 N–H and O–H groups in total. The lowest BCUT2D eigenvalue weighted by Gasteiger charge is -2.32. The topological polar surface area (TPSA) is 75.9 Å². The minimum Gasteiger partial charge on any atom is -0.355 e. The predicted molar refractivity (Wildman–Crippen MR) is 96.3 cm³/mol. The Balaban J connectivity index is 1.44. The van der Waals surface area contributed by atoms with Gasteiger partial charge in [-0.3, -0.25) is 4.79 Å². The number of aryl methyl sites for hydroxylation is 1. The molecule has 3 aromatic rings. The van der Waals surface area contributed by atoms with Crippen LogP contribution < -0.4 is 10.2 Å². The number of fused-ring (bicyclic) bond motifs is 1. The molecule has 0 unspecified atom stereocenters. The maximum absolute atomic E-state index is 13.7. The molecule has 0 saturated carbocycles. The number of amides is 1. The van der Waals surface area contributed by atoms with Crippen molar-refractivity contribution in [3.8, 4) is 0 Å². The van der Waals surface area contributed by atoms with Crippen LogP contribution in [0.4, 0.5) is 15.9 Å².